The van der Waals surface area contributed by atoms with Gasteiger partial charge in [0.1, 0.15) is 5.65 Å². The molecule has 7 nitrogen and oxygen atoms in total. The molecule has 0 bridgehead atoms. The molecule has 0 N–H and O–H groups in total. The molecule has 0 fully saturated rings. The van der Waals surface area contributed by atoms with Crippen LogP contribution in [0.3, 0.4) is 0 Å². The van der Waals surface area contributed by atoms with Gasteiger partial charge in [0.25, 0.3) is 11.4 Å². The number of aromatic nitrogens is 4. The molecule has 4 aromatic rings. The third-order valence-electron chi connectivity index (χ3n) is 4.34. The third kappa shape index (κ3) is 4.02. The van der Waals surface area contributed by atoms with Crippen LogP contribution in [0.15, 0.2) is 51.1 Å². The van der Waals surface area contributed by atoms with E-state index >= 15 is 0 Å². The first-order valence-corrected chi connectivity index (χ1v) is 10.1. The molecule has 0 unspecified atom stereocenters. The summed E-state index contributed by atoms with van der Waals surface area (Å²) in [6, 6.07) is 9.34. The maximum absolute atomic E-state index is 12.4. The molecule has 4 aromatic heterocycles. The quantitative estimate of drug-likeness (QED) is 0.476. The Labute approximate surface area is 166 Å². The summed E-state index contributed by atoms with van der Waals surface area (Å²) >= 11 is 1.57. The molecule has 0 aliphatic carbocycles. The summed E-state index contributed by atoms with van der Waals surface area (Å²) in [5, 5.41) is 10.3. The van der Waals surface area contributed by atoms with Crippen LogP contribution in [0.4, 0.5) is 0 Å². The van der Waals surface area contributed by atoms with Crippen LogP contribution in [0.25, 0.3) is 16.4 Å². The van der Waals surface area contributed by atoms with Crippen molar-refractivity contribution in [2.75, 3.05) is 6.54 Å². The Balaban J connectivity index is 1.55. The monoisotopic (exact) mass is 395 g/mol. The molecular formula is C20H21N5O2S. The molecule has 0 saturated carbocycles. The van der Waals surface area contributed by atoms with Gasteiger partial charge in [-0.05, 0) is 43.0 Å². The summed E-state index contributed by atoms with van der Waals surface area (Å²) in [5.74, 6) is 1.10. The largest absolute Gasteiger partial charge is 0.419 e. The van der Waals surface area contributed by atoms with Gasteiger partial charge in [0.2, 0.25) is 5.89 Å². The Morgan fingerprint density at radius 2 is 2.11 bits per heavy atom. The van der Waals surface area contributed by atoms with Crippen LogP contribution in [0.1, 0.15) is 30.5 Å². The summed E-state index contributed by atoms with van der Waals surface area (Å²) in [7, 11) is 0. The van der Waals surface area contributed by atoms with Gasteiger partial charge in [-0.1, -0.05) is 19.1 Å². The van der Waals surface area contributed by atoms with Crippen molar-refractivity contribution in [1.29, 1.82) is 0 Å². The van der Waals surface area contributed by atoms with Crippen LogP contribution in [0.2, 0.25) is 0 Å². The van der Waals surface area contributed by atoms with E-state index in [1.54, 1.807) is 21.8 Å². The van der Waals surface area contributed by atoms with Crippen LogP contribution < -0.4 is 5.56 Å². The number of pyridine rings is 1. The van der Waals surface area contributed by atoms with Crippen molar-refractivity contribution in [3.63, 3.8) is 0 Å². The molecule has 144 valence electrons. The molecule has 0 saturated heterocycles. The van der Waals surface area contributed by atoms with Crippen molar-refractivity contribution in [3.8, 4) is 10.8 Å². The Bertz CT molecular complexity index is 1130. The zero-order chi connectivity index (χ0) is 19.5. The van der Waals surface area contributed by atoms with Gasteiger partial charge in [0.15, 0.2) is 0 Å². The molecule has 4 rings (SSSR count). The molecule has 0 spiro atoms. The molecule has 8 heteroatoms. The molecule has 28 heavy (non-hydrogen) atoms. The number of hydrogen-bond donors (Lipinski definition) is 0. The van der Waals surface area contributed by atoms with Gasteiger partial charge in [-0.15, -0.1) is 21.5 Å². The minimum Gasteiger partial charge on any atom is -0.419 e. The molecule has 4 heterocycles. The Hall–Kier alpha value is -2.84. The average molecular weight is 395 g/mol. The SMILES string of the molecule is CCCN(Cc1cc(=O)n2cc(C)ccc2n1)Cc1nnc(-c2cccs2)o1. The normalized spacial score (nSPS) is 11.5. The predicted molar refractivity (Wildman–Crippen MR) is 108 cm³/mol. The molecule has 0 aliphatic rings. The van der Waals surface area contributed by atoms with Crippen LogP contribution in [-0.4, -0.2) is 31.0 Å². The molecule has 0 atom stereocenters. The minimum absolute atomic E-state index is 0.0714. The van der Waals surface area contributed by atoms with E-state index in [1.807, 2.05) is 42.8 Å². The van der Waals surface area contributed by atoms with E-state index in [-0.39, 0.29) is 5.56 Å². The zero-order valence-corrected chi connectivity index (χ0v) is 16.6. The van der Waals surface area contributed by atoms with Crippen molar-refractivity contribution in [3.05, 3.63) is 69.4 Å². The summed E-state index contributed by atoms with van der Waals surface area (Å²) in [6.07, 6.45) is 2.78. The number of nitrogens with zero attached hydrogens (tertiary/aromatic N) is 5. The molecule has 0 radical (unpaired) electrons. The standard InChI is InChI=1S/C20H21N5O2S/c1-3-8-24(13-18-22-23-20(27-18)16-5-4-9-28-16)12-15-10-19(26)25-11-14(2)6-7-17(25)21-15/h4-7,9-11H,3,8,12-13H2,1-2H3. The van der Waals surface area contributed by atoms with Gasteiger partial charge in [-0.3, -0.25) is 14.1 Å². The summed E-state index contributed by atoms with van der Waals surface area (Å²) < 4.78 is 7.39. The second-order valence-corrected chi connectivity index (χ2v) is 7.66. The van der Waals surface area contributed by atoms with Crippen LogP contribution >= 0.6 is 11.3 Å². The highest BCUT2D eigenvalue weighted by atomic mass is 32.1. The fourth-order valence-electron chi connectivity index (χ4n) is 3.11. The Kier molecular flexibility index (Phi) is 5.31. The van der Waals surface area contributed by atoms with Crippen molar-refractivity contribution >= 4 is 17.0 Å². The highest BCUT2D eigenvalue weighted by Gasteiger charge is 2.15. The fraction of sp³-hybridized carbons (Fsp3) is 0.300. The minimum atomic E-state index is -0.0714. The second kappa shape index (κ2) is 8.04. The first-order chi connectivity index (χ1) is 13.6. The molecule has 0 amide bonds. The molecule has 0 aromatic carbocycles. The summed E-state index contributed by atoms with van der Waals surface area (Å²) in [4.78, 5) is 20.2. The van der Waals surface area contributed by atoms with Crippen molar-refractivity contribution in [2.24, 2.45) is 0 Å². The van der Waals surface area contributed by atoms with E-state index in [9.17, 15) is 4.79 Å². The number of fused-ring (bicyclic) bond motifs is 1. The number of rotatable bonds is 7. The van der Waals surface area contributed by atoms with E-state index in [2.05, 4.69) is 27.0 Å². The molecular weight excluding hydrogens is 374 g/mol. The van der Waals surface area contributed by atoms with Crippen molar-refractivity contribution in [2.45, 2.75) is 33.4 Å². The first kappa shape index (κ1) is 18.5. The second-order valence-electron chi connectivity index (χ2n) is 6.71. The maximum atomic E-state index is 12.4. The van der Waals surface area contributed by atoms with E-state index in [0.29, 0.717) is 30.5 Å². The van der Waals surface area contributed by atoms with E-state index in [0.717, 1.165) is 29.1 Å². The lowest BCUT2D eigenvalue weighted by molar-refractivity contribution is 0.229. The van der Waals surface area contributed by atoms with Gasteiger partial charge in [0.05, 0.1) is 17.1 Å². The van der Waals surface area contributed by atoms with Gasteiger partial charge in [0, 0.05) is 18.8 Å². The van der Waals surface area contributed by atoms with Crippen LogP contribution in [0, 0.1) is 6.92 Å². The zero-order valence-electron chi connectivity index (χ0n) is 15.8. The topological polar surface area (TPSA) is 76.5 Å². The average Bonchev–Trinajstić information content (AvgIpc) is 3.34. The summed E-state index contributed by atoms with van der Waals surface area (Å²) in [5.41, 5.74) is 2.34. The number of hydrogen-bond acceptors (Lipinski definition) is 7. The van der Waals surface area contributed by atoms with Gasteiger partial charge < -0.3 is 4.42 Å². The van der Waals surface area contributed by atoms with Crippen molar-refractivity contribution < 1.29 is 4.42 Å². The number of thiophene rings is 1. The van der Waals surface area contributed by atoms with Crippen LogP contribution in [0.5, 0.6) is 0 Å². The lowest BCUT2D eigenvalue weighted by Crippen LogP contribution is -2.26. The van der Waals surface area contributed by atoms with E-state index < -0.39 is 0 Å². The van der Waals surface area contributed by atoms with E-state index in [4.69, 9.17) is 4.42 Å². The summed E-state index contributed by atoms with van der Waals surface area (Å²) in [6.45, 7) is 5.97. The fourth-order valence-corrected chi connectivity index (χ4v) is 3.75. The molecule has 0 aliphatic heterocycles. The maximum Gasteiger partial charge on any atom is 0.258 e. The smallest absolute Gasteiger partial charge is 0.258 e. The van der Waals surface area contributed by atoms with E-state index in [1.165, 1.54) is 0 Å². The third-order valence-corrected chi connectivity index (χ3v) is 5.20. The lowest BCUT2D eigenvalue weighted by atomic mass is 10.3. The first-order valence-electron chi connectivity index (χ1n) is 9.20. The highest BCUT2D eigenvalue weighted by Crippen LogP contribution is 2.23. The van der Waals surface area contributed by atoms with Crippen LogP contribution in [-0.2, 0) is 13.1 Å². The predicted octanol–water partition coefficient (Wildman–Crippen LogP) is 3.53. The Morgan fingerprint density at radius 1 is 1.21 bits per heavy atom. The lowest BCUT2D eigenvalue weighted by Gasteiger charge is -2.19. The van der Waals surface area contributed by atoms with Gasteiger partial charge >= 0.3 is 0 Å². The van der Waals surface area contributed by atoms with Gasteiger partial charge in [-0.2, -0.15) is 0 Å². The van der Waals surface area contributed by atoms with Crippen molar-refractivity contribution in [1.82, 2.24) is 24.5 Å². The Morgan fingerprint density at radius 3 is 2.89 bits per heavy atom. The van der Waals surface area contributed by atoms with Gasteiger partial charge in [-0.25, -0.2) is 4.98 Å². The highest BCUT2D eigenvalue weighted by molar-refractivity contribution is 7.13. The number of aryl methyl sites for hydroxylation is 1.